The summed E-state index contributed by atoms with van der Waals surface area (Å²) < 4.78 is 0. The number of benzene rings is 2. The van der Waals surface area contributed by atoms with Crippen LogP contribution < -0.4 is 5.32 Å². The van der Waals surface area contributed by atoms with E-state index in [9.17, 15) is 0 Å². The molecule has 0 fully saturated rings. The van der Waals surface area contributed by atoms with Crippen LogP contribution in [-0.4, -0.2) is 17.9 Å². The lowest BCUT2D eigenvalue weighted by Gasteiger charge is -2.14. The third-order valence-corrected chi connectivity index (χ3v) is 4.55. The van der Waals surface area contributed by atoms with Gasteiger partial charge in [0.25, 0.3) is 0 Å². The van der Waals surface area contributed by atoms with E-state index < -0.39 is 0 Å². The second kappa shape index (κ2) is 6.36. The van der Waals surface area contributed by atoms with Crippen LogP contribution in [0.25, 0.3) is 16.7 Å². The quantitative estimate of drug-likeness (QED) is 0.416. The van der Waals surface area contributed by atoms with Crippen LogP contribution in [0.4, 0.5) is 5.69 Å². The van der Waals surface area contributed by atoms with Crippen molar-refractivity contribution in [3.8, 4) is 11.1 Å². The molecule has 0 bridgehead atoms. The molecular formula is C22H19N3. The number of aliphatic imine (C=N–C) groups is 1. The number of pyridine rings is 1. The van der Waals surface area contributed by atoms with Gasteiger partial charge in [0.1, 0.15) is 5.84 Å². The lowest BCUT2D eigenvalue weighted by molar-refractivity contribution is 1.32. The highest BCUT2D eigenvalue weighted by Crippen LogP contribution is 2.45. The molecule has 0 spiro atoms. The number of allylic oxidation sites excluding steroid dienone is 1. The third-order valence-electron chi connectivity index (χ3n) is 4.55. The van der Waals surface area contributed by atoms with Crippen LogP contribution in [0.5, 0.6) is 0 Å². The highest BCUT2D eigenvalue weighted by molar-refractivity contribution is 6.16. The zero-order chi connectivity index (χ0) is 17.2. The smallest absolute Gasteiger partial charge is 0.133 e. The van der Waals surface area contributed by atoms with E-state index in [1.165, 1.54) is 27.8 Å². The third kappa shape index (κ3) is 2.54. The monoisotopic (exact) mass is 325 g/mol. The van der Waals surface area contributed by atoms with E-state index in [0.29, 0.717) is 0 Å². The molecule has 122 valence electrons. The van der Waals surface area contributed by atoms with Gasteiger partial charge in [0.15, 0.2) is 0 Å². The molecule has 0 atom stereocenters. The van der Waals surface area contributed by atoms with E-state index in [2.05, 4.69) is 70.8 Å². The van der Waals surface area contributed by atoms with Crippen LogP contribution >= 0.6 is 0 Å². The van der Waals surface area contributed by atoms with Gasteiger partial charge in [-0.25, -0.2) is 0 Å². The molecule has 1 aliphatic rings. The number of hydrogen-bond donors (Lipinski definition) is 1. The maximum Gasteiger partial charge on any atom is 0.133 e. The van der Waals surface area contributed by atoms with E-state index in [4.69, 9.17) is 0 Å². The first-order chi connectivity index (χ1) is 12.3. The van der Waals surface area contributed by atoms with Gasteiger partial charge in [-0.1, -0.05) is 48.5 Å². The van der Waals surface area contributed by atoms with E-state index >= 15 is 0 Å². The summed E-state index contributed by atoms with van der Waals surface area (Å²) in [5.41, 5.74) is 8.43. The molecule has 3 aromatic rings. The Balaban J connectivity index is 1.88. The molecule has 3 nitrogen and oxygen atoms in total. The summed E-state index contributed by atoms with van der Waals surface area (Å²) >= 11 is 0. The van der Waals surface area contributed by atoms with Crippen LogP contribution in [0, 0.1) is 0 Å². The van der Waals surface area contributed by atoms with Gasteiger partial charge in [0, 0.05) is 36.3 Å². The van der Waals surface area contributed by atoms with Crippen molar-refractivity contribution in [3.05, 3.63) is 89.8 Å². The summed E-state index contributed by atoms with van der Waals surface area (Å²) in [5, 5.41) is 3.43. The lowest BCUT2D eigenvalue weighted by Crippen LogP contribution is -2.15. The zero-order valence-electron chi connectivity index (χ0n) is 14.3. The molecule has 2 aromatic carbocycles. The lowest BCUT2D eigenvalue weighted by atomic mass is 9.98. The van der Waals surface area contributed by atoms with Gasteiger partial charge < -0.3 is 5.32 Å². The van der Waals surface area contributed by atoms with Crippen molar-refractivity contribution in [2.75, 3.05) is 12.4 Å². The molecule has 1 aromatic heterocycles. The first-order valence-corrected chi connectivity index (χ1v) is 8.37. The number of rotatable bonds is 2. The van der Waals surface area contributed by atoms with Gasteiger partial charge in [-0.2, -0.15) is 0 Å². The van der Waals surface area contributed by atoms with Crippen molar-refractivity contribution in [1.82, 2.24) is 4.98 Å². The van der Waals surface area contributed by atoms with Crippen molar-refractivity contribution >= 4 is 17.1 Å². The molecule has 1 N–H and O–H groups in total. The maximum atomic E-state index is 4.52. The zero-order valence-corrected chi connectivity index (χ0v) is 14.3. The molecule has 3 heteroatoms. The van der Waals surface area contributed by atoms with Crippen LogP contribution in [0.15, 0.2) is 78.1 Å². The summed E-state index contributed by atoms with van der Waals surface area (Å²) in [5.74, 6) is 0.857. The second-order valence-electron chi connectivity index (χ2n) is 5.91. The van der Waals surface area contributed by atoms with Crippen LogP contribution in [-0.2, 0) is 0 Å². The minimum absolute atomic E-state index is 0.857. The average Bonchev–Trinajstić information content (AvgIpc) is 3.01. The fourth-order valence-electron chi connectivity index (χ4n) is 3.47. The molecule has 0 radical (unpaired) electrons. The SMILES string of the molecule is C/C=C1\c2ccccc2-c2c(C(=NC)Nc3ccncc3)cccc21. The van der Waals surface area contributed by atoms with E-state index in [-0.39, 0.29) is 0 Å². The molecule has 0 unspecified atom stereocenters. The Hall–Kier alpha value is -3.20. The highest BCUT2D eigenvalue weighted by atomic mass is 15.0. The van der Waals surface area contributed by atoms with Crippen molar-refractivity contribution in [1.29, 1.82) is 0 Å². The van der Waals surface area contributed by atoms with Gasteiger partial charge >= 0.3 is 0 Å². The molecular weight excluding hydrogens is 306 g/mol. The Kier molecular flexibility index (Phi) is 3.90. The predicted molar refractivity (Wildman–Crippen MR) is 105 cm³/mol. The van der Waals surface area contributed by atoms with Crippen molar-refractivity contribution < 1.29 is 0 Å². The molecule has 1 heterocycles. The van der Waals surface area contributed by atoms with Gasteiger partial charge in [-0.15, -0.1) is 0 Å². The second-order valence-corrected chi connectivity index (χ2v) is 5.91. The summed E-state index contributed by atoms with van der Waals surface area (Å²) in [6.45, 7) is 2.10. The van der Waals surface area contributed by atoms with E-state index in [1.807, 2.05) is 19.2 Å². The van der Waals surface area contributed by atoms with Gasteiger partial charge in [0.2, 0.25) is 0 Å². The van der Waals surface area contributed by atoms with Crippen molar-refractivity contribution in [2.45, 2.75) is 6.92 Å². The summed E-state index contributed by atoms with van der Waals surface area (Å²) in [4.78, 5) is 8.59. The fourth-order valence-corrected chi connectivity index (χ4v) is 3.47. The molecule has 25 heavy (non-hydrogen) atoms. The Morgan fingerprint density at radius 2 is 1.64 bits per heavy atom. The largest absolute Gasteiger partial charge is 0.340 e. The minimum Gasteiger partial charge on any atom is -0.340 e. The fraction of sp³-hybridized carbons (Fsp3) is 0.0909. The number of amidine groups is 1. The molecule has 0 saturated heterocycles. The first-order valence-electron chi connectivity index (χ1n) is 8.37. The normalized spacial score (nSPS) is 14.3. The average molecular weight is 325 g/mol. The van der Waals surface area contributed by atoms with Gasteiger partial charge in [-0.3, -0.25) is 9.98 Å². The van der Waals surface area contributed by atoms with Crippen LogP contribution in [0.2, 0.25) is 0 Å². The summed E-state index contributed by atoms with van der Waals surface area (Å²) in [6.07, 6.45) is 5.74. The van der Waals surface area contributed by atoms with Crippen LogP contribution in [0.1, 0.15) is 23.6 Å². The molecule has 0 saturated carbocycles. The predicted octanol–water partition coefficient (Wildman–Crippen LogP) is 5.00. The Bertz CT molecular complexity index is 985. The van der Waals surface area contributed by atoms with Crippen molar-refractivity contribution in [3.63, 3.8) is 0 Å². The van der Waals surface area contributed by atoms with Crippen molar-refractivity contribution in [2.24, 2.45) is 4.99 Å². The summed E-state index contributed by atoms with van der Waals surface area (Å²) in [6, 6.07) is 18.9. The van der Waals surface area contributed by atoms with E-state index in [1.54, 1.807) is 12.4 Å². The summed E-state index contributed by atoms with van der Waals surface area (Å²) in [7, 11) is 1.82. The number of hydrogen-bond acceptors (Lipinski definition) is 2. The molecule has 0 amide bonds. The number of fused-ring (bicyclic) bond motifs is 3. The number of aromatic nitrogens is 1. The molecule has 0 aliphatic heterocycles. The number of anilines is 1. The number of nitrogens with one attached hydrogen (secondary N) is 1. The van der Waals surface area contributed by atoms with Crippen LogP contribution in [0.3, 0.4) is 0 Å². The molecule has 1 aliphatic carbocycles. The molecule has 4 rings (SSSR count). The number of nitrogens with zero attached hydrogens (tertiary/aromatic N) is 2. The highest BCUT2D eigenvalue weighted by Gasteiger charge is 2.26. The maximum absolute atomic E-state index is 4.52. The Morgan fingerprint density at radius 3 is 2.36 bits per heavy atom. The first kappa shape index (κ1) is 15.3. The van der Waals surface area contributed by atoms with Gasteiger partial charge in [0.05, 0.1) is 0 Å². The van der Waals surface area contributed by atoms with Gasteiger partial charge in [-0.05, 0) is 41.3 Å². The standard InChI is InChI=1S/C22H19N3/c1-3-16-17-7-4-5-8-19(17)21-18(16)9-6-10-20(21)22(23-2)25-15-11-13-24-14-12-15/h3-14H,1-2H3,(H,23,24,25)/b16-3+. The minimum atomic E-state index is 0.857. The Labute approximate surface area is 147 Å². The van der Waals surface area contributed by atoms with E-state index in [0.717, 1.165) is 17.1 Å². The topological polar surface area (TPSA) is 37.3 Å². The Morgan fingerprint density at radius 1 is 0.920 bits per heavy atom.